The van der Waals surface area contributed by atoms with Crippen LogP contribution in [0.15, 0.2) is 48.5 Å². The van der Waals surface area contributed by atoms with Gasteiger partial charge in [0.05, 0.1) is 29.3 Å². The maximum absolute atomic E-state index is 13.5. The van der Waals surface area contributed by atoms with Crippen LogP contribution in [0.5, 0.6) is 0 Å². The Balaban J connectivity index is 0.000000616. The highest BCUT2D eigenvalue weighted by molar-refractivity contribution is 6.30. The molecule has 1 amide bonds. The quantitative estimate of drug-likeness (QED) is 0.374. The fourth-order valence-electron chi connectivity index (χ4n) is 4.96. The lowest BCUT2D eigenvalue weighted by Gasteiger charge is -2.42. The van der Waals surface area contributed by atoms with Crippen LogP contribution in [0, 0.1) is 0 Å². The number of amides is 1. The number of hydrogen-bond donors (Lipinski definition) is 2. The minimum atomic E-state index is -5.08. The van der Waals surface area contributed by atoms with Gasteiger partial charge in [-0.25, -0.2) is 4.79 Å². The van der Waals surface area contributed by atoms with Crippen LogP contribution in [0.2, 0.25) is 5.02 Å². The molecule has 2 N–H and O–H groups in total. The van der Waals surface area contributed by atoms with Crippen molar-refractivity contribution in [2.45, 2.75) is 49.9 Å². The number of esters is 1. The molecule has 0 radical (unpaired) electrons. The molecule has 230 valence electrons. The van der Waals surface area contributed by atoms with E-state index in [1.54, 1.807) is 24.3 Å². The summed E-state index contributed by atoms with van der Waals surface area (Å²) in [5.74, 6) is -4.04. The second-order valence-corrected chi connectivity index (χ2v) is 10.3. The number of carboxylic acids is 1. The smallest absolute Gasteiger partial charge is 0.475 e. The summed E-state index contributed by atoms with van der Waals surface area (Å²) >= 11 is 5.96. The molecule has 0 aromatic heterocycles. The number of ether oxygens (including phenoxy) is 1. The van der Waals surface area contributed by atoms with E-state index in [1.807, 2.05) is 4.90 Å². The molecule has 2 fully saturated rings. The van der Waals surface area contributed by atoms with Gasteiger partial charge in [-0.1, -0.05) is 35.9 Å². The molecule has 2 heterocycles. The zero-order valence-electron chi connectivity index (χ0n) is 22.1. The van der Waals surface area contributed by atoms with Crippen molar-refractivity contribution < 1.29 is 55.7 Å². The molecule has 0 bridgehead atoms. The van der Waals surface area contributed by atoms with Gasteiger partial charge < -0.3 is 19.8 Å². The first-order chi connectivity index (χ1) is 19.4. The van der Waals surface area contributed by atoms with Crippen molar-refractivity contribution in [1.82, 2.24) is 9.80 Å². The summed E-state index contributed by atoms with van der Waals surface area (Å²) in [5, 5.41) is 18.9. The van der Waals surface area contributed by atoms with Crippen LogP contribution < -0.4 is 0 Å². The largest absolute Gasteiger partial charge is 0.490 e. The van der Waals surface area contributed by atoms with Crippen molar-refractivity contribution in [2.75, 3.05) is 26.2 Å². The third-order valence-corrected chi connectivity index (χ3v) is 7.27. The molecule has 2 aliphatic heterocycles. The standard InChI is InChI=1S/C25H26ClF3N2O4.C2HF3O2/c1-16(32)35-22-15-31(23(33)19-4-2-3-5-20(19)25(27,28)29)14-21(22)30-12-10-24(34,11-13-30)17-6-8-18(26)9-7-17;3-2(4,5)1(6)7/h2-9,21-22,34H,10-15H2,1H3;(H,6,7). The number of piperidine rings is 1. The highest BCUT2D eigenvalue weighted by atomic mass is 35.5. The number of aliphatic hydroxyl groups is 1. The van der Waals surface area contributed by atoms with Crippen molar-refractivity contribution in [1.29, 1.82) is 0 Å². The lowest BCUT2D eigenvalue weighted by Crippen LogP contribution is -2.51. The summed E-state index contributed by atoms with van der Waals surface area (Å²) in [6, 6.07) is 11.3. The third kappa shape index (κ3) is 8.13. The first-order valence-electron chi connectivity index (χ1n) is 12.6. The van der Waals surface area contributed by atoms with Gasteiger partial charge in [0.15, 0.2) is 0 Å². The van der Waals surface area contributed by atoms with Crippen LogP contribution >= 0.6 is 11.6 Å². The van der Waals surface area contributed by atoms with E-state index in [4.69, 9.17) is 26.2 Å². The summed E-state index contributed by atoms with van der Waals surface area (Å²) in [6.07, 6.45) is -9.62. The van der Waals surface area contributed by atoms with E-state index in [0.717, 1.165) is 17.7 Å². The van der Waals surface area contributed by atoms with Crippen molar-refractivity contribution in [3.8, 4) is 0 Å². The van der Waals surface area contributed by atoms with E-state index in [0.29, 0.717) is 31.0 Å². The maximum atomic E-state index is 13.5. The van der Waals surface area contributed by atoms with Crippen molar-refractivity contribution in [2.24, 2.45) is 0 Å². The lowest BCUT2D eigenvalue weighted by atomic mass is 9.84. The molecule has 0 spiro atoms. The Bertz CT molecular complexity index is 1280. The SMILES string of the molecule is CC(=O)OC1CN(C(=O)c2ccccc2C(F)(F)F)CC1N1CCC(O)(c2ccc(Cl)cc2)CC1.O=C(O)C(F)(F)F. The van der Waals surface area contributed by atoms with Gasteiger partial charge in [-0.15, -0.1) is 0 Å². The van der Waals surface area contributed by atoms with Gasteiger partial charge >= 0.3 is 24.3 Å². The minimum Gasteiger partial charge on any atom is -0.475 e. The normalized spacial score (nSPS) is 20.8. The Morgan fingerprint density at radius 1 is 0.952 bits per heavy atom. The second kappa shape index (κ2) is 12.9. The highest BCUT2D eigenvalue weighted by Gasteiger charge is 2.45. The first-order valence-corrected chi connectivity index (χ1v) is 13.0. The fraction of sp³-hybridized carbons (Fsp3) is 0.444. The van der Waals surface area contributed by atoms with Gasteiger partial charge in [0.1, 0.15) is 6.10 Å². The molecule has 42 heavy (non-hydrogen) atoms. The molecule has 2 aromatic carbocycles. The molecule has 8 nitrogen and oxygen atoms in total. The first kappa shape index (κ1) is 33.1. The van der Waals surface area contributed by atoms with Crippen molar-refractivity contribution >= 4 is 29.4 Å². The zero-order chi connectivity index (χ0) is 31.5. The predicted octanol–water partition coefficient (Wildman–Crippen LogP) is 4.73. The second-order valence-electron chi connectivity index (χ2n) is 9.85. The lowest BCUT2D eigenvalue weighted by molar-refractivity contribution is -0.192. The zero-order valence-corrected chi connectivity index (χ0v) is 22.8. The molecule has 2 saturated heterocycles. The van der Waals surface area contributed by atoms with Crippen molar-refractivity contribution in [3.63, 3.8) is 0 Å². The summed E-state index contributed by atoms with van der Waals surface area (Å²) in [4.78, 5) is 37.1. The Morgan fingerprint density at radius 3 is 2.00 bits per heavy atom. The summed E-state index contributed by atoms with van der Waals surface area (Å²) in [5.41, 5.74) is -1.72. The van der Waals surface area contributed by atoms with Crippen LogP contribution in [-0.4, -0.2) is 82.4 Å². The van der Waals surface area contributed by atoms with Gasteiger partial charge in [0.2, 0.25) is 0 Å². The van der Waals surface area contributed by atoms with E-state index in [2.05, 4.69) is 0 Å². The van der Waals surface area contributed by atoms with Gasteiger partial charge in [-0.2, -0.15) is 26.3 Å². The molecular formula is C27H27ClF6N2O6. The number of carbonyl (C=O) groups is 3. The molecule has 2 atom stereocenters. The third-order valence-electron chi connectivity index (χ3n) is 7.02. The number of carbonyl (C=O) groups excluding carboxylic acids is 2. The van der Waals surface area contributed by atoms with Crippen molar-refractivity contribution in [3.05, 3.63) is 70.2 Å². The van der Waals surface area contributed by atoms with Gasteiger partial charge in [0, 0.05) is 31.6 Å². The van der Waals surface area contributed by atoms with E-state index >= 15 is 0 Å². The van der Waals surface area contributed by atoms with E-state index in [9.17, 15) is 41.0 Å². The van der Waals surface area contributed by atoms with Crippen LogP contribution in [0.4, 0.5) is 26.3 Å². The number of hydrogen-bond acceptors (Lipinski definition) is 6. The van der Waals surface area contributed by atoms with E-state index in [1.165, 1.54) is 24.0 Å². The Kier molecular flexibility index (Phi) is 10.2. The van der Waals surface area contributed by atoms with Gasteiger partial charge in [0.25, 0.3) is 5.91 Å². The van der Waals surface area contributed by atoms with Crippen LogP contribution in [0.3, 0.4) is 0 Å². The number of benzene rings is 2. The molecule has 2 unspecified atom stereocenters. The summed E-state index contributed by atoms with van der Waals surface area (Å²) in [7, 11) is 0. The predicted molar refractivity (Wildman–Crippen MR) is 137 cm³/mol. The Labute approximate surface area is 241 Å². The van der Waals surface area contributed by atoms with E-state index in [-0.39, 0.29) is 13.1 Å². The average molecular weight is 625 g/mol. The summed E-state index contributed by atoms with van der Waals surface area (Å²) in [6.45, 7) is 2.29. The monoisotopic (exact) mass is 624 g/mol. The molecule has 0 saturated carbocycles. The Morgan fingerprint density at radius 2 is 1.50 bits per heavy atom. The average Bonchev–Trinajstić information content (AvgIpc) is 3.31. The number of nitrogens with zero attached hydrogens (tertiary/aromatic N) is 2. The number of halogens is 7. The van der Waals surface area contributed by atoms with E-state index < -0.39 is 59.1 Å². The van der Waals surface area contributed by atoms with Gasteiger partial charge in [-0.05, 0) is 42.7 Å². The topological polar surface area (TPSA) is 107 Å². The molecule has 0 aliphatic carbocycles. The van der Waals surface area contributed by atoms with Gasteiger partial charge in [-0.3, -0.25) is 14.5 Å². The highest BCUT2D eigenvalue weighted by Crippen LogP contribution is 2.36. The number of alkyl halides is 6. The molecular weight excluding hydrogens is 598 g/mol. The number of aliphatic carboxylic acids is 1. The van der Waals surface area contributed by atoms with Crippen LogP contribution in [0.1, 0.15) is 41.3 Å². The number of likely N-dealkylation sites (tertiary alicyclic amines) is 2. The summed E-state index contributed by atoms with van der Waals surface area (Å²) < 4.78 is 77.6. The molecule has 15 heteroatoms. The number of carboxylic acid groups (broad SMARTS) is 1. The molecule has 4 rings (SSSR count). The molecule has 2 aliphatic rings. The fourth-order valence-corrected chi connectivity index (χ4v) is 5.09. The van der Waals surface area contributed by atoms with Crippen LogP contribution in [-0.2, 0) is 26.1 Å². The maximum Gasteiger partial charge on any atom is 0.490 e. The Hall–Kier alpha value is -3.36. The number of rotatable bonds is 4. The molecule has 2 aromatic rings. The minimum absolute atomic E-state index is 0.00672. The van der Waals surface area contributed by atoms with Crippen LogP contribution in [0.25, 0.3) is 0 Å².